The average Bonchev–Trinajstić information content (AvgIpc) is 2.78. The van der Waals surface area contributed by atoms with E-state index in [1.807, 2.05) is 49.1 Å². The molecule has 3 amide bonds. The summed E-state index contributed by atoms with van der Waals surface area (Å²) in [6.45, 7) is 7.50. The Morgan fingerprint density at radius 3 is 2.23 bits per heavy atom. The lowest BCUT2D eigenvalue weighted by atomic mass is 9.93. The van der Waals surface area contributed by atoms with Gasteiger partial charge in [0.25, 0.3) is 0 Å². The number of nitrogens with zero attached hydrogens (tertiary/aromatic N) is 2. The number of rotatable bonds is 6. The summed E-state index contributed by atoms with van der Waals surface area (Å²) in [5.74, 6) is -0.0569. The minimum atomic E-state index is -0.548. The molecule has 7 nitrogen and oxygen atoms in total. The molecular weight excluding hydrogens is 382 g/mol. The summed E-state index contributed by atoms with van der Waals surface area (Å²) in [5.41, 5.74) is 0.924. The van der Waals surface area contributed by atoms with Gasteiger partial charge in [-0.3, -0.25) is 14.4 Å². The number of amides is 3. The molecule has 2 aliphatic heterocycles. The van der Waals surface area contributed by atoms with Gasteiger partial charge in [-0.25, -0.2) is 0 Å². The molecule has 0 bridgehead atoms. The monoisotopic (exact) mass is 415 g/mol. The predicted molar refractivity (Wildman–Crippen MR) is 114 cm³/mol. The van der Waals surface area contributed by atoms with E-state index in [0.717, 1.165) is 5.56 Å². The third-order valence-corrected chi connectivity index (χ3v) is 5.94. The summed E-state index contributed by atoms with van der Waals surface area (Å²) >= 11 is 0. The summed E-state index contributed by atoms with van der Waals surface area (Å²) in [6.07, 6.45) is 1.60. The van der Waals surface area contributed by atoms with Gasteiger partial charge in [-0.15, -0.1) is 0 Å². The summed E-state index contributed by atoms with van der Waals surface area (Å²) in [4.78, 5) is 42.0. The van der Waals surface area contributed by atoms with Gasteiger partial charge in [0.15, 0.2) is 0 Å². The topological polar surface area (TPSA) is 79.0 Å². The van der Waals surface area contributed by atoms with Crippen molar-refractivity contribution in [1.29, 1.82) is 0 Å². The van der Waals surface area contributed by atoms with Crippen molar-refractivity contribution in [2.75, 3.05) is 39.4 Å². The highest BCUT2D eigenvalue weighted by molar-refractivity contribution is 5.89. The van der Waals surface area contributed by atoms with Crippen LogP contribution in [0.2, 0.25) is 0 Å². The van der Waals surface area contributed by atoms with Crippen LogP contribution in [-0.2, 0) is 25.5 Å². The fourth-order valence-corrected chi connectivity index (χ4v) is 4.10. The number of hydrogen-bond acceptors (Lipinski definition) is 4. The Morgan fingerprint density at radius 2 is 1.63 bits per heavy atom. The smallest absolute Gasteiger partial charge is 0.245 e. The van der Waals surface area contributed by atoms with Crippen LogP contribution in [0.4, 0.5) is 0 Å². The maximum atomic E-state index is 13.1. The standard InChI is InChI=1S/C23H33N3O4/c1-17(2)21(24-20(27)16-18-6-4-3-5-7-18)23(29)25-10-8-19(9-11-25)22(28)26-12-14-30-15-13-26/h3-7,17,19,21H,8-16H2,1-2H3,(H,24,27). The van der Waals surface area contributed by atoms with Crippen LogP contribution in [0.3, 0.4) is 0 Å². The Morgan fingerprint density at radius 1 is 1.00 bits per heavy atom. The molecule has 1 aromatic carbocycles. The summed E-state index contributed by atoms with van der Waals surface area (Å²) < 4.78 is 5.32. The van der Waals surface area contributed by atoms with Crippen LogP contribution in [0.1, 0.15) is 32.3 Å². The van der Waals surface area contributed by atoms with Crippen LogP contribution in [0.5, 0.6) is 0 Å². The molecule has 3 rings (SSSR count). The zero-order valence-electron chi connectivity index (χ0n) is 18.0. The molecule has 1 atom stereocenters. The number of hydrogen-bond donors (Lipinski definition) is 1. The third-order valence-electron chi connectivity index (χ3n) is 5.94. The highest BCUT2D eigenvalue weighted by atomic mass is 16.5. The van der Waals surface area contributed by atoms with E-state index in [1.54, 1.807) is 4.90 Å². The Kier molecular flexibility index (Phi) is 7.85. The van der Waals surface area contributed by atoms with E-state index in [0.29, 0.717) is 52.2 Å². The van der Waals surface area contributed by atoms with Crippen molar-refractivity contribution in [2.24, 2.45) is 11.8 Å². The van der Waals surface area contributed by atoms with Crippen LogP contribution in [-0.4, -0.2) is 73.0 Å². The number of carbonyl (C=O) groups excluding carboxylic acids is 3. The summed E-state index contributed by atoms with van der Waals surface area (Å²) in [5, 5.41) is 2.93. The fraction of sp³-hybridized carbons (Fsp3) is 0.609. The minimum Gasteiger partial charge on any atom is -0.378 e. The second-order valence-corrected chi connectivity index (χ2v) is 8.49. The number of nitrogens with one attached hydrogen (secondary N) is 1. The SMILES string of the molecule is CC(C)C(NC(=O)Cc1ccccc1)C(=O)N1CCC(C(=O)N2CCOCC2)CC1. The van der Waals surface area contributed by atoms with E-state index >= 15 is 0 Å². The lowest BCUT2D eigenvalue weighted by Crippen LogP contribution is -2.54. The highest BCUT2D eigenvalue weighted by Gasteiger charge is 2.34. The Bertz CT molecular complexity index is 723. The molecule has 30 heavy (non-hydrogen) atoms. The van der Waals surface area contributed by atoms with Crippen molar-refractivity contribution < 1.29 is 19.1 Å². The van der Waals surface area contributed by atoms with Gasteiger partial charge >= 0.3 is 0 Å². The zero-order valence-corrected chi connectivity index (χ0v) is 18.0. The molecule has 2 saturated heterocycles. The molecular formula is C23H33N3O4. The maximum Gasteiger partial charge on any atom is 0.245 e. The second-order valence-electron chi connectivity index (χ2n) is 8.49. The molecule has 7 heteroatoms. The first-order chi connectivity index (χ1) is 14.5. The number of piperidine rings is 1. The fourth-order valence-electron chi connectivity index (χ4n) is 4.10. The lowest BCUT2D eigenvalue weighted by Gasteiger charge is -2.37. The van der Waals surface area contributed by atoms with Gasteiger partial charge in [0, 0.05) is 32.1 Å². The van der Waals surface area contributed by atoms with Gasteiger partial charge in [-0.2, -0.15) is 0 Å². The van der Waals surface area contributed by atoms with E-state index in [-0.39, 0.29) is 36.0 Å². The molecule has 1 N–H and O–H groups in total. The van der Waals surface area contributed by atoms with Gasteiger partial charge in [0.1, 0.15) is 6.04 Å². The molecule has 164 valence electrons. The summed E-state index contributed by atoms with van der Waals surface area (Å²) in [7, 11) is 0. The molecule has 0 radical (unpaired) electrons. The number of morpholine rings is 1. The number of benzene rings is 1. The van der Waals surface area contributed by atoms with E-state index in [9.17, 15) is 14.4 Å². The minimum absolute atomic E-state index is 0.00933. The van der Waals surface area contributed by atoms with E-state index in [1.165, 1.54) is 0 Å². The Balaban J connectivity index is 1.52. The molecule has 0 aliphatic carbocycles. The molecule has 0 aromatic heterocycles. The molecule has 2 fully saturated rings. The van der Waals surface area contributed by atoms with E-state index in [2.05, 4.69) is 5.32 Å². The normalized spacial score (nSPS) is 18.9. The van der Waals surface area contributed by atoms with Gasteiger partial charge in [0.2, 0.25) is 17.7 Å². The molecule has 1 unspecified atom stereocenters. The van der Waals surface area contributed by atoms with Gasteiger partial charge in [-0.05, 0) is 24.3 Å². The van der Waals surface area contributed by atoms with E-state index in [4.69, 9.17) is 4.74 Å². The van der Waals surface area contributed by atoms with Crippen LogP contribution >= 0.6 is 0 Å². The first-order valence-electron chi connectivity index (χ1n) is 10.9. The number of likely N-dealkylation sites (tertiary alicyclic amines) is 1. The van der Waals surface area contributed by atoms with Crippen molar-refractivity contribution in [2.45, 2.75) is 39.2 Å². The number of carbonyl (C=O) groups is 3. The first-order valence-corrected chi connectivity index (χ1v) is 10.9. The predicted octanol–water partition coefficient (Wildman–Crippen LogP) is 1.47. The highest BCUT2D eigenvalue weighted by Crippen LogP contribution is 2.22. The lowest BCUT2D eigenvalue weighted by molar-refractivity contribution is -0.145. The average molecular weight is 416 g/mol. The van der Waals surface area contributed by atoms with Crippen molar-refractivity contribution in [3.8, 4) is 0 Å². The van der Waals surface area contributed by atoms with Crippen LogP contribution in [0.15, 0.2) is 30.3 Å². The van der Waals surface area contributed by atoms with Crippen LogP contribution in [0, 0.1) is 11.8 Å². The largest absolute Gasteiger partial charge is 0.378 e. The zero-order chi connectivity index (χ0) is 21.5. The van der Waals surface area contributed by atoms with Crippen molar-refractivity contribution in [3.05, 3.63) is 35.9 Å². The van der Waals surface area contributed by atoms with Crippen molar-refractivity contribution in [1.82, 2.24) is 15.1 Å². The molecule has 2 aliphatic rings. The first kappa shape index (κ1) is 22.3. The summed E-state index contributed by atoms with van der Waals surface area (Å²) in [6, 6.07) is 8.97. The van der Waals surface area contributed by atoms with Crippen molar-refractivity contribution >= 4 is 17.7 Å². The maximum absolute atomic E-state index is 13.1. The Labute approximate surface area is 178 Å². The molecule has 1 aromatic rings. The van der Waals surface area contributed by atoms with Crippen LogP contribution < -0.4 is 5.32 Å². The van der Waals surface area contributed by atoms with E-state index < -0.39 is 6.04 Å². The third kappa shape index (κ3) is 5.81. The van der Waals surface area contributed by atoms with Gasteiger partial charge < -0.3 is 19.9 Å². The quantitative estimate of drug-likeness (QED) is 0.763. The molecule has 0 spiro atoms. The molecule has 2 heterocycles. The number of ether oxygens (including phenoxy) is 1. The van der Waals surface area contributed by atoms with Crippen molar-refractivity contribution in [3.63, 3.8) is 0 Å². The Hall–Kier alpha value is -2.41. The van der Waals surface area contributed by atoms with Crippen LogP contribution in [0.25, 0.3) is 0 Å². The molecule has 0 saturated carbocycles. The second kappa shape index (κ2) is 10.6. The van der Waals surface area contributed by atoms with Gasteiger partial charge in [-0.1, -0.05) is 44.2 Å². The van der Waals surface area contributed by atoms with Gasteiger partial charge in [0.05, 0.1) is 19.6 Å².